The van der Waals surface area contributed by atoms with Gasteiger partial charge in [0.2, 0.25) is 5.91 Å². The number of carbonyl (C=O) groups excluding carboxylic acids is 1. The summed E-state index contributed by atoms with van der Waals surface area (Å²) in [5, 5.41) is 4.39. The molecule has 3 rings (SSSR count). The predicted molar refractivity (Wildman–Crippen MR) is 80.8 cm³/mol. The van der Waals surface area contributed by atoms with Crippen LogP contribution in [0.4, 0.5) is 5.69 Å². The molecule has 0 spiro atoms. The van der Waals surface area contributed by atoms with E-state index >= 15 is 0 Å². The number of nitrogens with one attached hydrogen (secondary N) is 1. The fraction of sp³-hybridized carbons (Fsp3) is 0.333. The first-order valence-corrected chi connectivity index (χ1v) is 7.68. The number of anilines is 1. The van der Waals surface area contributed by atoms with Crippen molar-refractivity contribution in [2.24, 2.45) is 0 Å². The first-order chi connectivity index (χ1) is 9.29. The lowest BCUT2D eigenvalue weighted by Gasteiger charge is -2.20. The molecule has 0 unspecified atom stereocenters. The second-order valence-corrected chi connectivity index (χ2v) is 5.38. The smallest absolute Gasteiger partial charge is 0.235 e. The van der Waals surface area contributed by atoms with Crippen LogP contribution in [0.15, 0.2) is 24.3 Å². The van der Waals surface area contributed by atoms with E-state index in [2.05, 4.69) is 21.2 Å². The van der Waals surface area contributed by atoms with Gasteiger partial charge in [-0.2, -0.15) is 0 Å². The number of hydrogen-bond donors (Lipinski definition) is 1. The number of aryl methyl sites for hydroxylation is 1. The molecule has 0 radical (unpaired) electrons. The van der Waals surface area contributed by atoms with Gasteiger partial charge in [-0.3, -0.25) is 9.78 Å². The molecule has 3 nitrogen and oxygen atoms in total. The van der Waals surface area contributed by atoms with Crippen LogP contribution in [0, 0.1) is 0 Å². The number of aromatic nitrogens is 1. The average Bonchev–Trinajstić information content (AvgIpc) is 2.46. The van der Waals surface area contributed by atoms with Gasteiger partial charge in [0.25, 0.3) is 0 Å². The third kappa shape index (κ3) is 2.37. The number of carbonyl (C=O) groups is 1. The van der Waals surface area contributed by atoms with Gasteiger partial charge < -0.3 is 5.32 Å². The van der Waals surface area contributed by atoms with Gasteiger partial charge in [0.05, 0.1) is 16.5 Å². The molecule has 0 saturated carbocycles. The highest BCUT2D eigenvalue weighted by Gasteiger charge is 2.18. The summed E-state index contributed by atoms with van der Waals surface area (Å²) >= 11 is 3.20. The van der Waals surface area contributed by atoms with E-state index in [0.717, 1.165) is 35.1 Å². The van der Waals surface area contributed by atoms with E-state index < -0.39 is 0 Å². The first kappa shape index (κ1) is 12.6. The Balaban J connectivity index is 2.21. The first-order valence-electron chi connectivity index (χ1n) is 6.56. The van der Waals surface area contributed by atoms with Crippen LogP contribution in [0.25, 0.3) is 10.9 Å². The highest BCUT2D eigenvalue weighted by Crippen LogP contribution is 2.33. The van der Waals surface area contributed by atoms with Crippen molar-refractivity contribution in [3.05, 3.63) is 35.5 Å². The Morgan fingerprint density at radius 1 is 1.26 bits per heavy atom. The second kappa shape index (κ2) is 5.29. The van der Waals surface area contributed by atoms with Crippen molar-refractivity contribution >= 4 is 38.4 Å². The summed E-state index contributed by atoms with van der Waals surface area (Å²) in [7, 11) is 0. The number of rotatable bonds is 2. The summed E-state index contributed by atoms with van der Waals surface area (Å²) in [5.74, 6) is -0.0101. The van der Waals surface area contributed by atoms with Gasteiger partial charge in [-0.25, -0.2) is 0 Å². The van der Waals surface area contributed by atoms with Crippen LogP contribution >= 0.6 is 15.9 Å². The summed E-state index contributed by atoms with van der Waals surface area (Å²) < 4.78 is 0. The number of pyridine rings is 1. The molecule has 1 amide bonds. The van der Waals surface area contributed by atoms with Crippen molar-refractivity contribution in [1.29, 1.82) is 0 Å². The van der Waals surface area contributed by atoms with E-state index in [1.807, 2.05) is 24.3 Å². The van der Waals surface area contributed by atoms with E-state index in [-0.39, 0.29) is 5.91 Å². The summed E-state index contributed by atoms with van der Waals surface area (Å²) in [4.78, 5) is 16.5. The summed E-state index contributed by atoms with van der Waals surface area (Å²) in [6.45, 7) is 0. The second-order valence-electron chi connectivity index (χ2n) is 4.82. The number of halogens is 1. The van der Waals surface area contributed by atoms with E-state index in [1.54, 1.807) is 0 Å². The molecule has 0 atom stereocenters. The van der Waals surface area contributed by atoms with Crippen molar-refractivity contribution in [3.8, 4) is 0 Å². The highest BCUT2D eigenvalue weighted by atomic mass is 79.9. The normalized spacial score (nSPS) is 14.2. The van der Waals surface area contributed by atoms with Gasteiger partial charge in [-0.1, -0.05) is 34.1 Å². The fourth-order valence-corrected chi connectivity index (χ4v) is 2.83. The van der Waals surface area contributed by atoms with E-state index in [1.165, 1.54) is 18.4 Å². The van der Waals surface area contributed by atoms with Gasteiger partial charge >= 0.3 is 0 Å². The number of amides is 1. The monoisotopic (exact) mass is 318 g/mol. The Morgan fingerprint density at radius 2 is 2.05 bits per heavy atom. The van der Waals surface area contributed by atoms with Gasteiger partial charge in [0.15, 0.2) is 0 Å². The van der Waals surface area contributed by atoms with Crippen molar-refractivity contribution in [2.45, 2.75) is 25.7 Å². The minimum atomic E-state index is -0.0101. The maximum absolute atomic E-state index is 11.7. The van der Waals surface area contributed by atoms with Crippen LogP contribution in [-0.2, 0) is 17.6 Å². The van der Waals surface area contributed by atoms with Crippen LogP contribution < -0.4 is 5.32 Å². The van der Waals surface area contributed by atoms with Crippen LogP contribution in [0.2, 0.25) is 0 Å². The molecule has 4 heteroatoms. The Bertz CT molecular complexity index is 639. The van der Waals surface area contributed by atoms with Gasteiger partial charge in [-0.05, 0) is 37.3 Å². The largest absolute Gasteiger partial charge is 0.324 e. The van der Waals surface area contributed by atoms with Gasteiger partial charge in [0, 0.05) is 11.1 Å². The Kier molecular flexibility index (Phi) is 3.51. The van der Waals surface area contributed by atoms with Crippen LogP contribution in [-0.4, -0.2) is 16.2 Å². The number of nitrogens with zero attached hydrogens (tertiary/aromatic N) is 1. The number of para-hydroxylation sites is 1. The topological polar surface area (TPSA) is 42.0 Å². The third-order valence-electron chi connectivity index (χ3n) is 3.56. The number of hydrogen-bond acceptors (Lipinski definition) is 2. The maximum Gasteiger partial charge on any atom is 0.235 e. The Labute approximate surface area is 120 Å². The summed E-state index contributed by atoms with van der Waals surface area (Å²) in [5.41, 5.74) is 4.30. The molecular weight excluding hydrogens is 304 g/mol. The predicted octanol–water partition coefficient (Wildman–Crippen LogP) is 3.45. The van der Waals surface area contributed by atoms with Gasteiger partial charge in [-0.15, -0.1) is 0 Å². The third-order valence-corrected chi connectivity index (χ3v) is 4.06. The maximum atomic E-state index is 11.7. The lowest BCUT2D eigenvalue weighted by Crippen LogP contribution is -2.17. The van der Waals surface area contributed by atoms with Gasteiger partial charge in [0.1, 0.15) is 0 Å². The molecule has 98 valence electrons. The molecule has 2 aromatic rings. The van der Waals surface area contributed by atoms with Crippen LogP contribution in [0.1, 0.15) is 24.1 Å². The highest BCUT2D eigenvalue weighted by molar-refractivity contribution is 9.09. The van der Waals surface area contributed by atoms with Crippen molar-refractivity contribution in [2.75, 3.05) is 10.6 Å². The van der Waals surface area contributed by atoms with Crippen molar-refractivity contribution in [3.63, 3.8) is 0 Å². The summed E-state index contributed by atoms with van der Waals surface area (Å²) in [6.07, 6.45) is 4.37. The molecule has 1 aliphatic rings. The minimum Gasteiger partial charge on any atom is -0.324 e. The molecule has 0 bridgehead atoms. The molecule has 1 aliphatic carbocycles. The quantitative estimate of drug-likeness (QED) is 0.862. The molecular formula is C15H15BrN2O. The molecule has 19 heavy (non-hydrogen) atoms. The van der Waals surface area contributed by atoms with E-state index in [4.69, 9.17) is 4.98 Å². The van der Waals surface area contributed by atoms with E-state index in [9.17, 15) is 4.79 Å². The van der Waals surface area contributed by atoms with Crippen molar-refractivity contribution in [1.82, 2.24) is 4.98 Å². The van der Waals surface area contributed by atoms with Crippen LogP contribution in [0.3, 0.4) is 0 Å². The molecule has 0 saturated heterocycles. The Hall–Kier alpha value is -1.42. The molecule has 1 aromatic heterocycles. The zero-order valence-corrected chi connectivity index (χ0v) is 12.2. The van der Waals surface area contributed by atoms with Crippen LogP contribution in [0.5, 0.6) is 0 Å². The van der Waals surface area contributed by atoms with E-state index in [0.29, 0.717) is 5.33 Å². The lowest BCUT2D eigenvalue weighted by atomic mass is 9.92. The molecule has 1 N–H and O–H groups in total. The standard InChI is InChI=1S/C15H15BrN2O/c16-9-14(19)18-15-10-5-1-3-7-12(10)17-13-8-4-2-6-11(13)15/h1,3,5,7H,2,4,6,8-9H2,(H,17,18,19). The molecule has 1 aromatic carbocycles. The fourth-order valence-electron chi connectivity index (χ4n) is 2.69. The molecule has 1 heterocycles. The zero-order valence-electron chi connectivity index (χ0n) is 10.6. The number of alkyl halides is 1. The summed E-state index contributed by atoms with van der Waals surface area (Å²) in [6, 6.07) is 8.01. The molecule has 0 fully saturated rings. The SMILES string of the molecule is O=C(CBr)Nc1c2c(nc3ccccc13)CCCC2. The zero-order chi connectivity index (χ0) is 13.2. The lowest BCUT2D eigenvalue weighted by molar-refractivity contribution is -0.113. The number of fused-ring (bicyclic) bond motifs is 2. The molecule has 0 aliphatic heterocycles. The Morgan fingerprint density at radius 3 is 2.89 bits per heavy atom. The van der Waals surface area contributed by atoms with Crippen molar-refractivity contribution < 1.29 is 4.79 Å². The number of benzene rings is 1. The minimum absolute atomic E-state index is 0.0101. The average molecular weight is 319 g/mol.